The average molecular weight is 429 g/mol. The van der Waals surface area contributed by atoms with Crippen LogP contribution in [0.3, 0.4) is 0 Å². The maximum absolute atomic E-state index is 11.1. The third-order valence-corrected chi connectivity index (χ3v) is 4.36. The molecule has 0 unspecified atom stereocenters. The highest BCUT2D eigenvalue weighted by atomic mass is 16.7. The Morgan fingerprint density at radius 2 is 1.90 bits per heavy atom. The number of allylic oxidation sites excluding steroid dienone is 6. The molecule has 0 aromatic carbocycles. The Bertz CT molecular complexity index is 731. The van der Waals surface area contributed by atoms with Gasteiger partial charge in [0.05, 0.1) is 19.3 Å². The molecular weight excluding hydrogens is 392 g/mol. The Labute approximate surface area is 187 Å². The van der Waals surface area contributed by atoms with Gasteiger partial charge in [-0.15, -0.1) is 0 Å². The Hall–Kier alpha value is -2.39. The number of carbonyl (C=O) groups is 1. The quantitative estimate of drug-likeness (QED) is 0.222. The van der Waals surface area contributed by atoms with Crippen molar-refractivity contribution < 1.29 is 24.1 Å². The number of carbonyl (C=O) groups excluding carboxylic acids is 1. The SMILES string of the molecule is CC/C=C\C[C@H](O)/C=C/C#C/C=C/C=C/[C@H]1OC(C)(C)O[C@H]1C/C=C\CCC(=O)OC. The average Bonchev–Trinajstić information content (AvgIpc) is 3.03. The van der Waals surface area contributed by atoms with E-state index in [1.54, 1.807) is 18.2 Å². The molecule has 5 heteroatoms. The number of hydrogen-bond acceptors (Lipinski definition) is 5. The van der Waals surface area contributed by atoms with Crippen molar-refractivity contribution in [1.82, 2.24) is 0 Å². The number of ether oxygens (including phenoxy) is 3. The van der Waals surface area contributed by atoms with Crippen molar-refractivity contribution in [3.63, 3.8) is 0 Å². The Morgan fingerprint density at radius 1 is 1.13 bits per heavy atom. The molecule has 0 saturated carbocycles. The van der Waals surface area contributed by atoms with Gasteiger partial charge in [0.25, 0.3) is 0 Å². The fraction of sp³-hybridized carbons (Fsp3) is 0.500. The summed E-state index contributed by atoms with van der Waals surface area (Å²) in [5.41, 5.74) is 0. The number of aliphatic hydroxyl groups is 1. The summed E-state index contributed by atoms with van der Waals surface area (Å²) in [5.74, 6) is 4.93. The summed E-state index contributed by atoms with van der Waals surface area (Å²) in [7, 11) is 1.39. The van der Waals surface area contributed by atoms with Crippen LogP contribution < -0.4 is 0 Å². The molecule has 1 fully saturated rings. The second-order valence-electron chi connectivity index (χ2n) is 7.54. The first-order valence-corrected chi connectivity index (χ1v) is 10.8. The lowest BCUT2D eigenvalue weighted by Gasteiger charge is -2.16. The molecule has 170 valence electrons. The first kappa shape index (κ1) is 26.6. The van der Waals surface area contributed by atoms with Crippen LogP contribution in [0.4, 0.5) is 0 Å². The van der Waals surface area contributed by atoms with Crippen molar-refractivity contribution in [1.29, 1.82) is 0 Å². The van der Waals surface area contributed by atoms with E-state index in [1.807, 2.05) is 56.4 Å². The van der Waals surface area contributed by atoms with Gasteiger partial charge in [0.1, 0.15) is 6.10 Å². The van der Waals surface area contributed by atoms with Crippen molar-refractivity contribution in [2.75, 3.05) is 7.11 Å². The van der Waals surface area contributed by atoms with Gasteiger partial charge in [-0.2, -0.15) is 0 Å². The van der Waals surface area contributed by atoms with Gasteiger partial charge in [-0.05, 0) is 57.8 Å². The minimum absolute atomic E-state index is 0.0914. The maximum atomic E-state index is 11.1. The lowest BCUT2D eigenvalue weighted by atomic mass is 10.1. The number of hydrogen-bond donors (Lipinski definition) is 1. The minimum atomic E-state index is -0.638. The molecule has 0 aromatic rings. The molecule has 0 radical (unpaired) electrons. The van der Waals surface area contributed by atoms with Gasteiger partial charge in [-0.1, -0.05) is 61.3 Å². The largest absolute Gasteiger partial charge is 0.469 e. The van der Waals surface area contributed by atoms with E-state index in [1.165, 1.54) is 7.11 Å². The molecule has 0 aliphatic carbocycles. The lowest BCUT2D eigenvalue weighted by Crippen LogP contribution is -2.21. The van der Waals surface area contributed by atoms with Gasteiger partial charge in [0.15, 0.2) is 5.79 Å². The summed E-state index contributed by atoms with van der Waals surface area (Å²) in [6.45, 7) is 5.86. The van der Waals surface area contributed by atoms with Crippen molar-refractivity contribution >= 4 is 5.97 Å². The summed E-state index contributed by atoms with van der Waals surface area (Å²) in [6, 6.07) is 0. The molecule has 0 bridgehead atoms. The maximum Gasteiger partial charge on any atom is 0.305 e. The van der Waals surface area contributed by atoms with Crippen LogP contribution in [0.5, 0.6) is 0 Å². The number of methoxy groups -OCH3 is 1. The summed E-state index contributed by atoms with van der Waals surface area (Å²) in [5, 5.41) is 9.75. The Kier molecular flexibility index (Phi) is 13.3. The summed E-state index contributed by atoms with van der Waals surface area (Å²) in [4.78, 5) is 11.1. The molecule has 0 amide bonds. The molecule has 1 heterocycles. The zero-order chi connectivity index (χ0) is 23.0. The number of rotatable bonds is 11. The molecule has 1 N–H and O–H groups in total. The third-order valence-electron chi connectivity index (χ3n) is 4.36. The highest BCUT2D eigenvalue weighted by Crippen LogP contribution is 2.30. The Morgan fingerprint density at radius 3 is 2.65 bits per heavy atom. The van der Waals surface area contributed by atoms with Crippen molar-refractivity contribution in [3.8, 4) is 11.8 Å². The van der Waals surface area contributed by atoms with Gasteiger partial charge in [0.2, 0.25) is 0 Å². The van der Waals surface area contributed by atoms with Gasteiger partial charge in [-0.3, -0.25) is 4.79 Å². The fourth-order valence-corrected chi connectivity index (χ4v) is 2.87. The molecular formula is C26H36O5. The van der Waals surface area contributed by atoms with E-state index in [4.69, 9.17) is 9.47 Å². The first-order valence-electron chi connectivity index (χ1n) is 10.8. The molecule has 3 atom stereocenters. The monoisotopic (exact) mass is 428 g/mol. The molecule has 1 saturated heterocycles. The van der Waals surface area contributed by atoms with Crippen LogP contribution in [0.15, 0.2) is 60.8 Å². The topological polar surface area (TPSA) is 65.0 Å². The van der Waals surface area contributed by atoms with Crippen LogP contribution in [0, 0.1) is 11.8 Å². The number of aliphatic hydroxyl groups excluding tert-OH is 1. The molecule has 0 spiro atoms. The van der Waals surface area contributed by atoms with Crippen LogP contribution in [0.25, 0.3) is 0 Å². The highest BCUT2D eigenvalue weighted by molar-refractivity contribution is 5.69. The van der Waals surface area contributed by atoms with E-state index in [2.05, 4.69) is 23.5 Å². The highest BCUT2D eigenvalue weighted by Gasteiger charge is 2.38. The molecule has 1 aliphatic rings. The number of esters is 1. The summed E-state index contributed by atoms with van der Waals surface area (Å²) < 4.78 is 16.6. The van der Waals surface area contributed by atoms with E-state index < -0.39 is 11.9 Å². The van der Waals surface area contributed by atoms with Gasteiger partial charge < -0.3 is 19.3 Å². The minimum Gasteiger partial charge on any atom is -0.469 e. The van der Waals surface area contributed by atoms with Crippen LogP contribution in [-0.4, -0.2) is 42.3 Å². The normalized spacial score (nSPS) is 22.1. The van der Waals surface area contributed by atoms with E-state index in [9.17, 15) is 9.90 Å². The van der Waals surface area contributed by atoms with Crippen LogP contribution in [0.1, 0.15) is 52.9 Å². The second-order valence-corrected chi connectivity index (χ2v) is 7.54. The first-order chi connectivity index (χ1) is 14.9. The molecule has 0 aromatic heterocycles. The predicted octanol–water partition coefficient (Wildman–Crippen LogP) is 4.80. The van der Waals surface area contributed by atoms with Crippen LogP contribution in [-0.2, 0) is 19.0 Å². The third kappa shape index (κ3) is 12.8. The smallest absolute Gasteiger partial charge is 0.305 e. The molecule has 5 nitrogen and oxygen atoms in total. The molecule has 31 heavy (non-hydrogen) atoms. The van der Waals surface area contributed by atoms with Gasteiger partial charge >= 0.3 is 5.97 Å². The van der Waals surface area contributed by atoms with E-state index >= 15 is 0 Å². The fourth-order valence-electron chi connectivity index (χ4n) is 2.87. The summed E-state index contributed by atoms with van der Waals surface area (Å²) >= 11 is 0. The van der Waals surface area contributed by atoms with Crippen molar-refractivity contribution in [2.45, 2.75) is 77.0 Å². The zero-order valence-corrected chi connectivity index (χ0v) is 19.1. The summed E-state index contributed by atoms with van der Waals surface area (Å²) in [6.07, 6.45) is 21.3. The van der Waals surface area contributed by atoms with Crippen molar-refractivity contribution in [2.24, 2.45) is 0 Å². The van der Waals surface area contributed by atoms with Gasteiger partial charge in [0, 0.05) is 6.42 Å². The zero-order valence-electron chi connectivity index (χ0n) is 19.1. The van der Waals surface area contributed by atoms with E-state index in [0.29, 0.717) is 25.7 Å². The van der Waals surface area contributed by atoms with E-state index in [0.717, 1.165) is 6.42 Å². The molecule has 1 rings (SSSR count). The standard InChI is InChI=1S/C26H36O5/c1-5-6-12-17-22(27)18-13-9-7-8-10-14-19-23-24(31-26(2,3)30-23)20-15-11-16-21-25(28)29-4/h6,8,10-15,18-19,22-24,27H,5,16-17,20-21H2,1-4H3/b10-8+,12-6-,15-11-,18-13+,19-14+/t22-,23+,24-/m0/s1. The predicted molar refractivity (Wildman–Crippen MR) is 124 cm³/mol. The van der Waals surface area contributed by atoms with Crippen molar-refractivity contribution in [3.05, 3.63) is 60.8 Å². The van der Waals surface area contributed by atoms with Crippen LogP contribution in [0.2, 0.25) is 0 Å². The Balaban J connectivity index is 2.46. The lowest BCUT2D eigenvalue weighted by molar-refractivity contribution is -0.142. The van der Waals surface area contributed by atoms with Gasteiger partial charge in [-0.25, -0.2) is 0 Å². The van der Waals surface area contributed by atoms with E-state index in [-0.39, 0.29) is 18.2 Å². The molecule has 1 aliphatic heterocycles. The van der Waals surface area contributed by atoms with Crippen LogP contribution >= 0.6 is 0 Å². The second kappa shape index (κ2) is 15.4.